The zero-order valence-electron chi connectivity index (χ0n) is 8.28. The van der Waals surface area contributed by atoms with Crippen molar-refractivity contribution in [2.75, 3.05) is 0 Å². The summed E-state index contributed by atoms with van der Waals surface area (Å²) >= 11 is 0. The van der Waals surface area contributed by atoms with E-state index >= 15 is 0 Å². The molecule has 4 nitrogen and oxygen atoms in total. The first-order valence-corrected chi connectivity index (χ1v) is 3.31. The van der Waals surface area contributed by atoms with Crippen molar-refractivity contribution >= 4 is 11.8 Å². The zero-order valence-corrected chi connectivity index (χ0v) is 10.4. The third-order valence-corrected chi connectivity index (χ3v) is 1.46. The minimum absolute atomic E-state index is 0. The van der Waals surface area contributed by atoms with Gasteiger partial charge in [0.15, 0.2) is 0 Å². The van der Waals surface area contributed by atoms with Gasteiger partial charge in [-0.25, -0.2) is 0 Å². The van der Waals surface area contributed by atoms with Crippen LogP contribution in [0.15, 0.2) is 24.3 Å². The van der Waals surface area contributed by atoms with Gasteiger partial charge < -0.3 is 12.9 Å². The number of rotatable bonds is 2. The van der Waals surface area contributed by atoms with Crippen LogP contribution in [0.1, 0.15) is 22.1 Å². The van der Waals surface area contributed by atoms with Gasteiger partial charge in [-0.2, -0.15) is 0 Å². The normalized spacial score (nSPS) is 8.62. The molecule has 0 atom stereocenters. The first-order valence-electron chi connectivity index (χ1n) is 3.31. The van der Waals surface area contributed by atoms with Crippen molar-refractivity contribution in [3.05, 3.63) is 35.4 Å². The van der Waals surface area contributed by atoms with Crippen LogP contribution in [0.5, 0.6) is 0 Å². The van der Waals surface area contributed by atoms with E-state index in [0.717, 1.165) is 0 Å². The SMILES string of the molecule is NC(=O)c1ccccc1C(N)=O.[H-].[K+]. The summed E-state index contributed by atoms with van der Waals surface area (Å²) in [5.74, 6) is -1.30. The Morgan fingerprint density at radius 3 is 1.54 bits per heavy atom. The Labute approximate surface area is 120 Å². The molecule has 1 rings (SSSR count). The predicted molar refractivity (Wildman–Crippen MR) is 44.6 cm³/mol. The summed E-state index contributed by atoms with van der Waals surface area (Å²) in [6, 6.07) is 6.16. The van der Waals surface area contributed by atoms with E-state index in [9.17, 15) is 9.59 Å². The molecule has 64 valence electrons. The van der Waals surface area contributed by atoms with E-state index in [1.807, 2.05) is 0 Å². The maximum Gasteiger partial charge on any atom is 1.00 e. The van der Waals surface area contributed by atoms with Gasteiger partial charge in [0, 0.05) is 0 Å². The molecule has 0 aliphatic carbocycles. The van der Waals surface area contributed by atoms with Crippen LogP contribution in [-0.4, -0.2) is 11.8 Å². The fourth-order valence-corrected chi connectivity index (χ4v) is 0.913. The van der Waals surface area contributed by atoms with Gasteiger partial charge in [-0.1, -0.05) is 12.1 Å². The van der Waals surface area contributed by atoms with E-state index in [0.29, 0.717) is 0 Å². The number of carbonyl (C=O) groups is 2. The molecule has 2 amide bonds. The molecule has 0 aliphatic heterocycles. The molecule has 4 N–H and O–H groups in total. The van der Waals surface area contributed by atoms with Crippen molar-refractivity contribution in [3.8, 4) is 0 Å². The summed E-state index contributed by atoms with van der Waals surface area (Å²) in [5, 5.41) is 0. The quantitative estimate of drug-likeness (QED) is 0.503. The van der Waals surface area contributed by atoms with Crippen molar-refractivity contribution < 1.29 is 62.4 Å². The smallest absolute Gasteiger partial charge is 1.00 e. The Bertz CT molecular complexity index is 311. The van der Waals surface area contributed by atoms with Crippen LogP contribution in [0.4, 0.5) is 0 Å². The van der Waals surface area contributed by atoms with E-state index in [-0.39, 0.29) is 63.9 Å². The average Bonchev–Trinajstić information content (AvgIpc) is 2.04. The summed E-state index contributed by atoms with van der Waals surface area (Å²) in [7, 11) is 0. The Morgan fingerprint density at radius 2 is 1.31 bits per heavy atom. The molecule has 1 aromatic carbocycles. The monoisotopic (exact) mass is 204 g/mol. The molecule has 0 aromatic heterocycles. The third kappa shape index (κ3) is 3.20. The molecule has 0 aliphatic rings. The van der Waals surface area contributed by atoms with Gasteiger partial charge in [-0.15, -0.1) is 0 Å². The van der Waals surface area contributed by atoms with E-state index in [2.05, 4.69) is 0 Å². The minimum Gasteiger partial charge on any atom is -1.00 e. The van der Waals surface area contributed by atoms with Crippen molar-refractivity contribution in [1.29, 1.82) is 0 Å². The Balaban J connectivity index is 0. The van der Waals surface area contributed by atoms with Gasteiger partial charge >= 0.3 is 51.4 Å². The van der Waals surface area contributed by atoms with Crippen molar-refractivity contribution in [2.24, 2.45) is 11.5 Å². The van der Waals surface area contributed by atoms with Crippen LogP contribution in [0.3, 0.4) is 0 Å². The third-order valence-electron chi connectivity index (χ3n) is 1.46. The Kier molecular flexibility index (Phi) is 5.42. The minimum atomic E-state index is -0.649. The van der Waals surface area contributed by atoms with E-state index in [1.54, 1.807) is 12.1 Å². The zero-order chi connectivity index (χ0) is 9.14. The molecular weight excluding hydrogens is 195 g/mol. The number of hydrogen-bond acceptors (Lipinski definition) is 2. The summed E-state index contributed by atoms with van der Waals surface area (Å²) in [5.41, 5.74) is 10.3. The van der Waals surface area contributed by atoms with Crippen LogP contribution in [0.25, 0.3) is 0 Å². The Morgan fingerprint density at radius 1 is 1.00 bits per heavy atom. The topological polar surface area (TPSA) is 86.2 Å². The van der Waals surface area contributed by atoms with Gasteiger partial charge in [0.25, 0.3) is 0 Å². The number of primary amides is 2. The second-order valence-corrected chi connectivity index (χ2v) is 2.27. The molecule has 1 aromatic rings. The second kappa shape index (κ2) is 5.51. The van der Waals surface area contributed by atoms with E-state index < -0.39 is 11.8 Å². The van der Waals surface area contributed by atoms with E-state index in [4.69, 9.17) is 11.5 Å². The van der Waals surface area contributed by atoms with Crippen LogP contribution >= 0.6 is 0 Å². The van der Waals surface area contributed by atoms with Gasteiger partial charge in [0.2, 0.25) is 11.8 Å². The maximum absolute atomic E-state index is 10.7. The first-order chi connectivity index (χ1) is 5.63. The number of benzene rings is 1. The van der Waals surface area contributed by atoms with Crippen LogP contribution < -0.4 is 62.9 Å². The number of carbonyl (C=O) groups excluding carboxylic acids is 2. The molecule has 0 radical (unpaired) electrons. The van der Waals surface area contributed by atoms with E-state index in [1.165, 1.54) is 12.1 Å². The standard InChI is InChI=1S/C8H8N2O2.K.H/c9-7(11)5-3-1-2-4-6(5)8(10)12;;/h1-4H,(H2,9,11)(H2,10,12);;/q;+1;-1. The summed E-state index contributed by atoms with van der Waals surface area (Å²) in [6.07, 6.45) is 0. The molecule has 0 bridgehead atoms. The molecule has 0 unspecified atom stereocenters. The molecule has 0 saturated heterocycles. The average molecular weight is 204 g/mol. The Hall–Kier alpha value is -0.204. The summed E-state index contributed by atoms with van der Waals surface area (Å²) in [4.78, 5) is 21.5. The molecule has 0 fully saturated rings. The number of amides is 2. The van der Waals surface area contributed by atoms with Crippen LogP contribution in [0, 0.1) is 0 Å². The number of nitrogens with two attached hydrogens (primary N) is 2. The first kappa shape index (κ1) is 12.8. The fraction of sp³-hybridized carbons (Fsp3) is 0. The van der Waals surface area contributed by atoms with Gasteiger partial charge in [-0.05, 0) is 12.1 Å². The van der Waals surface area contributed by atoms with Gasteiger partial charge in [0.1, 0.15) is 0 Å². The predicted octanol–water partition coefficient (Wildman–Crippen LogP) is -3.00. The van der Waals surface area contributed by atoms with Crippen molar-refractivity contribution in [2.45, 2.75) is 0 Å². The van der Waals surface area contributed by atoms with Crippen LogP contribution in [-0.2, 0) is 0 Å². The summed E-state index contributed by atoms with van der Waals surface area (Å²) < 4.78 is 0. The molecule has 0 saturated carbocycles. The molecule has 5 heteroatoms. The van der Waals surface area contributed by atoms with Gasteiger partial charge in [0.05, 0.1) is 11.1 Å². The fourth-order valence-electron chi connectivity index (χ4n) is 0.913. The molecule has 0 heterocycles. The second-order valence-electron chi connectivity index (χ2n) is 2.27. The largest absolute Gasteiger partial charge is 1.00 e. The van der Waals surface area contributed by atoms with Crippen LogP contribution in [0.2, 0.25) is 0 Å². The van der Waals surface area contributed by atoms with Gasteiger partial charge in [-0.3, -0.25) is 9.59 Å². The maximum atomic E-state index is 10.7. The summed E-state index contributed by atoms with van der Waals surface area (Å²) in [6.45, 7) is 0. The van der Waals surface area contributed by atoms with Crippen molar-refractivity contribution in [3.63, 3.8) is 0 Å². The molecule has 13 heavy (non-hydrogen) atoms. The van der Waals surface area contributed by atoms with Crippen molar-refractivity contribution in [1.82, 2.24) is 0 Å². The number of hydrogen-bond donors (Lipinski definition) is 2. The molecule has 0 spiro atoms. The molecular formula is C8H9KN2O2.